The van der Waals surface area contributed by atoms with Crippen LogP contribution in [-0.4, -0.2) is 26.7 Å². The van der Waals surface area contributed by atoms with Crippen LogP contribution >= 0.6 is 0 Å². The Morgan fingerprint density at radius 2 is 2.28 bits per heavy atom. The summed E-state index contributed by atoms with van der Waals surface area (Å²) in [5.74, 6) is -3.90. The number of nitrogen functional groups attached to an aromatic ring is 1. The summed E-state index contributed by atoms with van der Waals surface area (Å²) in [5.41, 5.74) is 4.51. The first-order valence-corrected chi connectivity index (χ1v) is 5.08. The first kappa shape index (κ1) is 12.5. The predicted molar refractivity (Wildman–Crippen MR) is 57.7 cm³/mol. The molecular weight excluding hydrogens is 248 g/mol. The molecule has 18 heavy (non-hydrogen) atoms. The summed E-state index contributed by atoms with van der Waals surface area (Å²) in [5, 5.41) is 9.62. The molecule has 2 rings (SSSR count). The number of allylic oxidation sites excluding steroid dienone is 1. The number of alkyl halides is 2. The van der Waals surface area contributed by atoms with Crippen LogP contribution in [0.3, 0.4) is 0 Å². The van der Waals surface area contributed by atoms with Crippen molar-refractivity contribution in [1.29, 1.82) is 0 Å². The average molecular weight is 259 g/mol. The van der Waals surface area contributed by atoms with E-state index in [9.17, 15) is 18.7 Å². The minimum atomic E-state index is -3.22. The number of aromatic nitrogens is 2. The third-order valence-electron chi connectivity index (χ3n) is 2.42. The van der Waals surface area contributed by atoms with Crippen molar-refractivity contribution in [3.8, 4) is 0 Å². The van der Waals surface area contributed by atoms with Gasteiger partial charge in [-0.3, -0.25) is 4.57 Å². The monoisotopic (exact) mass is 259 g/mol. The third-order valence-corrected chi connectivity index (χ3v) is 2.42. The molecule has 3 N–H and O–H groups in total. The molecule has 0 fully saturated rings. The van der Waals surface area contributed by atoms with Crippen LogP contribution < -0.4 is 11.4 Å². The fourth-order valence-electron chi connectivity index (χ4n) is 1.57. The van der Waals surface area contributed by atoms with E-state index in [1.54, 1.807) is 0 Å². The molecule has 98 valence electrons. The van der Waals surface area contributed by atoms with Gasteiger partial charge in [0, 0.05) is 13.1 Å². The van der Waals surface area contributed by atoms with E-state index in [1.165, 1.54) is 12.3 Å². The molecule has 1 aliphatic heterocycles. The van der Waals surface area contributed by atoms with Gasteiger partial charge in [0.25, 0.3) is 0 Å². The van der Waals surface area contributed by atoms with Gasteiger partial charge >= 0.3 is 11.6 Å². The lowest BCUT2D eigenvalue weighted by atomic mass is 10.2. The van der Waals surface area contributed by atoms with Crippen LogP contribution in [0.15, 0.2) is 28.9 Å². The van der Waals surface area contributed by atoms with Crippen LogP contribution in [0.5, 0.6) is 0 Å². The molecule has 0 amide bonds. The third kappa shape index (κ3) is 2.19. The van der Waals surface area contributed by atoms with Crippen molar-refractivity contribution in [2.45, 2.75) is 25.2 Å². The van der Waals surface area contributed by atoms with Gasteiger partial charge in [0.05, 0.1) is 0 Å². The number of aliphatic hydroxyl groups excluding tert-OH is 1. The Balaban J connectivity index is 2.31. The number of hydrogen-bond donors (Lipinski definition) is 2. The van der Waals surface area contributed by atoms with Gasteiger partial charge in [-0.15, -0.1) is 0 Å². The van der Waals surface area contributed by atoms with E-state index in [4.69, 9.17) is 10.5 Å². The minimum absolute atomic E-state index is 0.00209. The molecule has 6 nitrogen and oxygen atoms in total. The van der Waals surface area contributed by atoms with E-state index in [1.807, 2.05) is 0 Å². The first-order valence-electron chi connectivity index (χ1n) is 5.08. The summed E-state index contributed by atoms with van der Waals surface area (Å²) < 4.78 is 31.8. The molecule has 8 heteroatoms. The molecule has 1 aromatic heterocycles. The number of rotatable bonds is 2. The van der Waals surface area contributed by atoms with E-state index in [0.717, 1.165) is 10.6 Å². The summed E-state index contributed by atoms with van der Waals surface area (Å²) in [7, 11) is 0. The SMILES string of the molecule is CC(F)(F)C1=C[C@@H](O)[C@H](n2ccc(N)nc2=O)O1. The number of anilines is 1. The summed E-state index contributed by atoms with van der Waals surface area (Å²) in [6.07, 6.45) is -0.517. The van der Waals surface area contributed by atoms with Crippen LogP contribution in [0.1, 0.15) is 13.2 Å². The van der Waals surface area contributed by atoms with Crippen LogP contribution in [-0.2, 0) is 4.74 Å². The molecule has 0 bridgehead atoms. The quantitative estimate of drug-likeness (QED) is 0.794. The largest absolute Gasteiger partial charge is 0.465 e. The lowest BCUT2D eigenvalue weighted by Gasteiger charge is -2.19. The van der Waals surface area contributed by atoms with E-state index in [0.29, 0.717) is 6.92 Å². The van der Waals surface area contributed by atoms with Crippen molar-refractivity contribution in [2.75, 3.05) is 5.73 Å². The van der Waals surface area contributed by atoms with Gasteiger partial charge in [-0.25, -0.2) is 4.79 Å². The lowest BCUT2D eigenvalue weighted by molar-refractivity contribution is -0.0595. The van der Waals surface area contributed by atoms with Crippen LogP contribution in [0.25, 0.3) is 0 Å². The number of aliphatic hydroxyl groups is 1. The van der Waals surface area contributed by atoms with Crippen LogP contribution in [0.4, 0.5) is 14.6 Å². The molecule has 2 atom stereocenters. The van der Waals surface area contributed by atoms with Gasteiger partial charge in [0.2, 0.25) is 6.23 Å². The topological polar surface area (TPSA) is 90.4 Å². The van der Waals surface area contributed by atoms with Gasteiger partial charge in [-0.1, -0.05) is 0 Å². The Hall–Kier alpha value is -1.96. The number of hydrogen-bond acceptors (Lipinski definition) is 5. The van der Waals surface area contributed by atoms with Crippen molar-refractivity contribution < 1.29 is 18.6 Å². The zero-order valence-corrected chi connectivity index (χ0v) is 9.38. The highest BCUT2D eigenvalue weighted by atomic mass is 19.3. The maximum atomic E-state index is 13.0. The van der Waals surface area contributed by atoms with E-state index >= 15 is 0 Å². The van der Waals surface area contributed by atoms with Crippen LogP contribution in [0.2, 0.25) is 0 Å². The first-order chi connectivity index (χ1) is 8.29. The summed E-state index contributed by atoms with van der Waals surface area (Å²) in [4.78, 5) is 14.9. The van der Waals surface area contributed by atoms with Gasteiger partial charge < -0.3 is 15.6 Å². The number of nitrogens with two attached hydrogens (primary N) is 1. The molecule has 0 saturated carbocycles. The van der Waals surface area contributed by atoms with Crippen molar-refractivity contribution in [3.63, 3.8) is 0 Å². The minimum Gasteiger partial charge on any atom is -0.465 e. The van der Waals surface area contributed by atoms with Crippen molar-refractivity contribution in [2.24, 2.45) is 0 Å². The summed E-state index contributed by atoms with van der Waals surface area (Å²) in [6.45, 7) is 0.637. The fourth-order valence-corrected chi connectivity index (χ4v) is 1.57. The highest BCUT2D eigenvalue weighted by molar-refractivity contribution is 5.24. The summed E-state index contributed by atoms with van der Waals surface area (Å²) >= 11 is 0. The maximum Gasteiger partial charge on any atom is 0.352 e. The van der Waals surface area contributed by atoms with Gasteiger partial charge in [0.1, 0.15) is 11.9 Å². The van der Waals surface area contributed by atoms with Gasteiger partial charge in [-0.2, -0.15) is 13.8 Å². The van der Waals surface area contributed by atoms with Crippen LogP contribution in [0, 0.1) is 0 Å². The highest BCUT2D eigenvalue weighted by Crippen LogP contribution is 2.34. The normalized spacial score (nSPS) is 23.7. The Morgan fingerprint density at radius 1 is 1.61 bits per heavy atom. The molecule has 2 heterocycles. The maximum absolute atomic E-state index is 13.0. The Morgan fingerprint density at radius 3 is 2.78 bits per heavy atom. The fraction of sp³-hybridized carbons (Fsp3) is 0.400. The molecule has 1 aliphatic rings. The Kier molecular flexibility index (Phi) is 2.81. The molecular formula is C10H11F2N3O3. The highest BCUT2D eigenvalue weighted by Gasteiger charge is 2.40. The number of ether oxygens (including phenoxy) is 1. The smallest absolute Gasteiger partial charge is 0.352 e. The van der Waals surface area contributed by atoms with Gasteiger partial charge in [0.15, 0.2) is 5.76 Å². The molecule has 0 spiro atoms. The van der Waals surface area contributed by atoms with Crippen molar-refractivity contribution in [3.05, 3.63) is 34.6 Å². The lowest BCUT2D eigenvalue weighted by Crippen LogP contribution is -2.32. The summed E-state index contributed by atoms with van der Waals surface area (Å²) in [6, 6.07) is 1.31. The molecule has 0 unspecified atom stereocenters. The second-order valence-corrected chi connectivity index (χ2v) is 3.96. The van der Waals surface area contributed by atoms with E-state index in [-0.39, 0.29) is 5.82 Å². The number of halogens is 2. The predicted octanol–water partition coefficient (Wildman–Crippen LogP) is 0.254. The Labute approximate surface area is 100 Å². The standard InChI is InChI=1S/C10H11F2N3O3/c1-10(11,12)6-4-5(16)8(18-6)15-3-2-7(13)14-9(15)17/h2-5,8,16H,1H3,(H2,13,14,17)/t5-,8-/m1/s1. The molecule has 1 aromatic rings. The molecule has 0 aromatic carbocycles. The van der Waals surface area contributed by atoms with Crippen molar-refractivity contribution in [1.82, 2.24) is 9.55 Å². The number of nitrogens with zero attached hydrogens (tertiary/aromatic N) is 2. The molecule has 0 radical (unpaired) electrons. The Bertz CT molecular complexity index is 550. The zero-order chi connectivity index (χ0) is 13.5. The van der Waals surface area contributed by atoms with E-state index in [2.05, 4.69) is 4.98 Å². The zero-order valence-electron chi connectivity index (χ0n) is 9.38. The molecule has 0 aliphatic carbocycles. The molecule has 0 saturated heterocycles. The van der Waals surface area contributed by atoms with Crippen molar-refractivity contribution >= 4 is 5.82 Å². The average Bonchev–Trinajstić information content (AvgIpc) is 2.60. The van der Waals surface area contributed by atoms with Gasteiger partial charge in [-0.05, 0) is 12.1 Å². The second kappa shape index (κ2) is 4.05. The van der Waals surface area contributed by atoms with E-state index < -0.39 is 29.7 Å². The second-order valence-electron chi connectivity index (χ2n) is 3.96.